The van der Waals surface area contributed by atoms with Gasteiger partial charge in [0, 0.05) is 18.0 Å². The number of aliphatic hydroxyl groups is 1. The van der Waals surface area contributed by atoms with E-state index in [4.69, 9.17) is 30.1 Å². The Labute approximate surface area is 232 Å². The zero-order valence-electron chi connectivity index (χ0n) is 21.4. The van der Waals surface area contributed by atoms with E-state index in [1.54, 1.807) is 38.1 Å². The van der Waals surface area contributed by atoms with Gasteiger partial charge in [-0.1, -0.05) is 48.0 Å². The van der Waals surface area contributed by atoms with Crippen molar-refractivity contribution in [1.29, 1.82) is 0 Å². The molecule has 1 saturated heterocycles. The predicted molar refractivity (Wildman–Crippen MR) is 142 cm³/mol. The number of alkyl halides is 2. The summed E-state index contributed by atoms with van der Waals surface area (Å²) in [7, 11) is -2.22. The normalized spacial score (nSPS) is 21.7. The van der Waals surface area contributed by atoms with Crippen LogP contribution in [0.4, 0.5) is 8.78 Å². The molecule has 1 fully saturated rings. The zero-order valence-corrected chi connectivity index (χ0v) is 23.0. The molecule has 216 valence electrons. The Morgan fingerprint density at radius 2 is 2.00 bits per heavy atom. The summed E-state index contributed by atoms with van der Waals surface area (Å²) in [5.41, 5.74) is -4.25. The first-order valence-corrected chi connectivity index (χ1v) is 13.7. The second kappa shape index (κ2) is 12.7. The molecule has 1 aromatic heterocycles. The van der Waals surface area contributed by atoms with E-state index in [9.17, 15) is 28.3 Å². The number of halogens is 3. The maximum absolute atomic E-state index is 14.4. The van der Waals surface area contributed by atoms with Gasteiger partial charge in [-0.2, -0.15) is 0 Å². The number of hydrogen-bond donors (Lipinski definition) is 3. The fourth-order valence-corrected chi connectivity index (χ4v) is 5.37. The number of aromatic amines is 1. The number of hydrogen-bond acceptors (Lipinski definition) is 9. The minimum Gasteiger partial charge on any atom is -0.462 e. The second-order valence-electron chi connectivity index (χ2n) is 9.26. The molecule has 3 unspecified atom stereocenters. The summed E-state index contributed by atoms with van der Waals surface area (Å²) in [6.45, 7) is 2.23. The van der Waals surface area contributed by atoms with Gasteiger partial charge in [0.2, 0.25) is 0 Å². The lowest BCUT2D eigenvalue weighted by molar-refractivity contribution is -0.169. The van der Waals surface area contributed by atoms with E-state index >= 15 is 0 Å². The van der Waals surface area contributed by atoms with Crippen LogP contribution < -0.4 is 20.9 Å². The van der Waals surface area contributed by atoms with Gasteiger partial charge in [0.25, 0.3) is 12.0 Å². The highest BCUT2D eigenvalue weighted by Gasteiger charge is 2.54. The second-order valence-corrected chi connectivity index (χ2v) is 10.9. The van der Waals surface area contributed by atoms with Crippen LogP contribution in [0.5, 0.6) is 5.75 Å². The summed E-state index contributed by atoms with van der Waals surface area (Å²) >= 11 is 5.78. The molecule has 15 heteroatoms. The number of fused-ring (bicyclic) bond motifs is 1. The van der Waals surface area contributed by atoms with Gasteiger partial charge in [0.1, 0.15) is 23.4 Å². The number of rotatable bonds is 11. The number of aliphatic hydroxyl groups excluding tert-OH is 1. The highest BCUT2D eigenvalue weighted by atomic mass is 35.5. The maximum Gasteiger partial charge on any atom is 0.330 e. The minimum atomic E-state index is -3.17. The summed E-state index contributed by atoms with van der Waals surface area (Å²) in [6, 6.07) is 12.6. The molecular weight excluding hydrogens is 575 g/mol. The van der Waals surface area contributed by atoms with Gasteiger partial charge in [-0.25, -0.2) is 18.7 Å². The first-order chi connectivity index (χ1) is 19.0. The van der Waals surface area contributed by atoms with Crippen LogP contribution >= 0.6 is 20.1 Å². The lowest BCUT2D eigenvalue weighted by atomic mass is 10.0. The third-order valence-electron chi connectivity index (χ3n) is 5.91. The first kappa shape index (κ1) is 30.0. The number of nitrogens with one attached hydrogen (secondary N) is 2. The van der Waals surface area contributed by atoms with Crippen LogP contribution in [-0.4, -0.2) is 58.0 Å². The molecule has 4 rings (SSSR count). The Morgan fingerprint density at radius 1 is 1.27 bits per heavy atom. The van der Waals surface area contributed by atoms with Crippen molar-refractivity contribution in [2.75, 3.05) is 13.2 Å². The molecule has 1 aliphatic heterocycles. The summed E-state index contributed by atoms with van der Waals surface area (Å²) < 4.78 is 52.0. The molecule has 3 N–H and O–H groups in total. The fraction of sp³-hybridized carbons (Fsp3) is 0.400. The van der Waals surface area contributed by atoms with Crippen LogP contribution in [0.15, 0.2) is 58.3 Å². The molecule has 3 aromatic rings. The smallest absolute Gasteiger partial charge is 0.330 e. The average Bonchev–Trinajstić information content (AvgIpc) is 3.25. The van der Waals surface area contributed by atoms with Crippen LogP contribution in [0, 0.1) is 0 Å². The molecule has 40 heavy (non-hydrogen) atoms. The Bertz CT molecular complexity index is 1470. The highest BCUT2D eigenvalue weighted by Crippen LogP contribution is 2.45. The summed E-state index contributed by atoms with van der Waals surface area (Å²) in [5.74, 6) is -0.238. The third kappa shape index (κ3) is 6.85. The molecule has 0 amide bonds. The number of ether oxygens (including phenoxy) is 2. The molecule has 2 aromatic carbocycles. The van der Waals surface area contributed by atoms with E-state index in [1.807, 2.05) is 23.2 Å². The molecule has 0 radical (unpaired) electrons. The lowest BCUT2D eigenvalue weighted by Gasteiger charge is -2.30. The van der Waals surface area contributed by atoms with Gasteiger partial charge in [-0.3, -0.25) is 19.1 Å². The van der Waals surface area contributed by atoms with E-state index in [-0.39, 0.29) is 12.6 Å². The first-order valence-electron chi connectivity index (χ1n) is 12.2. The van der Waals surface area contributed by atoms with Gasteiger partial charge in [-0.05, 0) is 25.3 Å². The van der Waals surface area contributed by atoms with Crippen molar-refractivity contribution in [3.63, 3.8) is 0 Å². The van der Waals surface area contributed by atoms with Crippen molar-refractivity contribution in [3.05, 3.63) is 74.5 Å². The minimum absolute atomic E-state index is 0.340. The van der Waals surface area contributed by atoms with Gasteiger partial charge in [0.05, 0.1) is 12.7 Å². The van der Waals surface area contributed by atoms with Crippen LogP contribution in [-0.2, 0) is 18.8 Å². The molecule has 0 aliphatic carbocycles. The van der Waals surface area contributed by atoms with Crippen molar-refractivity contribution < 1.29 is 37.2 Å². The Kier molecular flexibility index (Phi) is 9.55. The zero-order chi connectivity index (χ0) is 29.0. The molecule has 0 spiro atoms. The number of carbonyl (C=O) groups is 1. The lowest BCUT2D eigenvalue weighted by Crippen LogP contribution is -2.43. The van der Waals surface area contributed by atoms with Crippen LogP contribution in [0.1, 0.15) is 26.5 Å². The van der Waals surface area contributed by atoms with Gasteiger partial charge in [0.15, 0.2) is 11.8 Å². The SMILES string of the molecule is CC(C)OC(=O)CNP(OC[C@]1(C(F)F)CC(O)C(n2cc(Cl)c(=O)[nH]c2=O)O1)Oc1cccc2ccccc12. The summed E-state index contributed by atoms with van der Waals surface area (Å²) in [6.07, 6.45) is -6.42. The average molecular weight is 602 g/mol. The largest absolute Gasteiger partial charge is 0.462 e. The fourth-order valence-electron chi connectivity index (χ4n) is 4.08. The number of H-pyrrole nitrogens is 1. The van der Waals surface area contributed by atoms with Crippen LogP contribution in [0.2, 0.25) is 5.02 Å². The molecule has 1 aliphatic rings. The van der Waals surface area contributed by atoms with Crippen LogP contribution in [0.25, 0.3) is 10.8 Å². The number of carbonyl (C=O) groups excluding carboxylic acids is 1. The van der Waals surface area contributed by atoms with Gasteiger partial charge >= 0.3 is 20.2 Å². The highest BCUT2D eigenvalue weighted by molar-refractivity contribution is 7.45. The molecular formula is C25H27ClF2N3O8P. The Balaban J connectivity index is 1.57. The summed E-state index contributed by atoms with van der Waals surface area (Å²) in [4.78, 5) is 38.0. The van der Waals surface area contributed by atoms with Crippen molar-refractivity contribution >= 4 is 36.9 Å². The Morgan fingerprint density at radius 3 is 2.73 bits per heavy atom. The maximum atomic E-state index is 14.4. The van der Waals surface area contributed by atoms with Gasteiger partial charge in [-0.15, -0.1) is 0 Å². The number of aromatic nitrogens is 2. The third-order valence-corrected chi connectivity index (χ3v) is 7.32. The summed E-state index contributed by atoms with van der Waals surface area (Å²) in [5, 5.41) is 14.5. The quantitative estimate of drug-likeness (QED) is 0.222. The standard InChI is InChI=1S/C25H27ClF2N3O8P/c1-14(2)37-20(33)11-29-40(39-19-9-5-7-15-6-3-4-8-16(15)19)36-13-25(23(27)28)10-18(32)22(38-25)31-12-17(26)21(34)30-24(31)35/h3-9,12,14,18,22-23,29,32H,10-11,13H2,1-2H3,(H,30,34,35)/t18?,22?,25-,40?/m0/s1. The Hall–Kier alpha value is -2.93. The topological polar surface area (TPSA) is 141 Å². The molecule has 4 atom stereocenters. The van der Waals surface area contributed by atoms with E-state index in [1.165, 1.54) is 0 Å². The number of nitrogens with zero attached hydrogens (tertiary/aromatic N) is 1. The molecule has 11 nitrogen and oxygen atoms in total. The monoisotopic (exact) mass is 601 g/mol. The number of esters is 1. The van der Waals surface area contributed by atoms with E-state index < -0.39 is 68.2 Å². The van der Waals surface area contributed by atoms with Crippen molar-refractivity contribution in [2.24, 2.45) is 0 Å². The predicted octanol–water partition coefficient (Wildman–Crippen LogP) is 3.49. The van der Waals surface area contributed by atoms with Crippen molar-refractivity contribution in [3.8, 4) is 5.75 Å². The van der Waals surface area contributed by atoms with Crippen molar-refractivity contribution in [1.82, 2.24) is 14.6 Å². The van der Waals surface area contributed by atoms with Gasteiger partial charge < -0.3 is 23.6 Å². The molecule has 0 saturated carbocycles. The van der Waals surface area contributed by atoms with Crippen LogP contribution in [0.3, 0.4) is 0 Å². The van der Waals surface area contributed by atoms with Crippen molar-refractivity contribution in [2.45, 2.75) is 50.7 Å². The van der Waals surface area contributed by atoms with E-state index in [0.29, 0.717) is 5.75 Å². The molecule has 2 heterocycles. The molecule has 0 bridgehead atoms. The van der Waals surface area contributed by atoms with E-state index in [0.717, 1.165) is 21.5 Å². The number of benzene rings is 2. The van der Waals surface area contributed by atoms with E-state index in [2.05, 4.69) is 5.09 Å².